The second-order valence-corrected chi connectivity index (χ2v) is 7.01. The van der Waals surface area contributed by atoms with Gasteiger partial charge in [0.05, 0.1) is 0 Å². The SMILES string of the molecule is CC(C)(C)NCCC(=O)NCC1CCSCC1. The number of rotatable bonds is 5. The smallest absolute Gasteiger partial charge is 0.221 e. The van der Waals surface area contributed by atoms with Gasteiger partial charge in [-0.1, -0.05) is 0 Å². The lowest BCUT2D eigenvalue weighted by atomic mass is 10.0. The third-order valence-corrected chi connectivity index (χ3v) is 3.98. The summed E-state index contributed by atoms with van der Waals surface area (Å²) >= 11 is 2.03. The number of nitrogens with one attached hydrogen (secondary N) is 2. The summed E-state index contributed by atoms with van der Waals surface area (Å²) in [6.45, 7) is 7.98. The van der Waals surface area contributed by atoms with Crippen LogP contribution in [-0.4, -0.2) is 36.0 Å². The number of carbonyl (C=O) groups excluding carboxylic acids is 1. The second kappa shape index (κ2) is 7.27. The Kier molecular flexibility index (Phi) is 6.34. The maximum Gasteiger partial charge on any atom is 0.221 e. The Hall–Kier alpha value is -0.220. The number of hydrogen-bond donors (Lipinski definition) is 2. The predicted molar refractivity (Wildman–Crippen MR) is 75.4 cm³/mol. The zero-order valence-electron chi connectivity index (χ0n) is 11.3. The molecule has 0 aromatic rings. The molecule has 0 aromatic carbocycles. The van der Waals surface area contributed by atoms with E-state index < -0.39 is 0 Å². The summed E-state index contributed by atoms with van der Waals surface area (Å²) in [5, 5.41) is 6.38. The summed E-state index contributed by atoms with van der Waals surface area (Å²) in [5.41, 5.74) is 0.0981. The third kappa shape index (κ3) is 7.66. The van der Waals surface area contributed by atoms with Crippen LogP contribution in [0.25, 0.3) is 0 Å². The maximum absolute atomic E-state index is 11.6. The first-order valence-corrected chi connectivity index (χ1v) is 7.72. The van der Waals surface area contributed by atoms with Crippen LogP contribution in [0.5, 0.6) is 0 Å². The Labute approximate surface area is 109 Å². The highest BCUT2D eigenvalue weighted by Crippen LogP contribution is 2.21. The summed E-state index contributed by atoms with van der Waals surface area (Å²) < 4.78 is 0. The molecule has 1 fully saturated rings. The van der Waals surface area contributed by atoms with Gasteiger partial charge in [0, 0.05) is 25.0 Å². The molecule has 0 spiro atoms. The quantitative estimate of drug-likeness (QED) is 0.793. The minimum absolute atomic E-state index is 0.0981. The van der Waals surface area contributed by atoms with Gasteiger partial charge >= 0.3 is 0 Å². The Morgan fingerprint density at radius 3 is 2.53 bits per heavy atom. The van der Waals surface area contributed by atoms with E-state index >= 15 is 0 Å². The average molecular weight is 258 g/mol. The Morgan fingerprint density at radius 2 is 1.94 bits per heavy atom. The van der Waals surface area contributed by atoms with Gasteiger partial charge in [0.1, 0.15) is 0 Å². The molecule has 17 heavy (non-hydrogen) atoms. The highest BCUT2D eigenvalue weighted by atomic mass is 32.2. The van der Waals surface area contributed by atoms with E-state index in [9.17, 15) is 4.79 Å². The van der Waals surface area contributed by atoms with Gasteiger partial charge < -0.3 is 10.6 Å². The molecule has 4 heteroatoms. The lowest BCUT2D eigenvalue weighted by Crippen LogP contribution is -2.39. The van der Waals surface area contributed by atoms with Crippen LogP contribution in [0, 0.1) is 5.92 Å². The van der Waals surface area contributed by atoms with Gasteiger partial charge in [-0.05, 0) is 51.0 Å². The van der Waals surface area contributed by atoms with E-state index in [2.05, 4.69) is 31.4 Å². The van der Waals surface area contributed by atoms with E-state index in [4.69, 9.17) is 0 Å². The van der Waals surface area contributed by atoms with Crippen molar-refractivity contribution in [3.8, 4) is 0 Å². The van der Waals surface area contributed by atoms with Crippen LogP contribution in [-0.2, 0) is 4.79 Å². The van der Waals surface area contributed by atoms with E-state index in [-0.39, 0.29) is 11.4 Å². The molecule has 0 atom stereocenters. The monoisotopic (exact) mass is 258 g/mol. The van der Waals surface area contributed by atoms with Crippen molar-refractivity contribution in [3.05, 3.63) is 0 Å². The maximum atomic E-state index is 11.6. The van der Waals surface area contributed by atoms with E-state index in [1.807, 2.05) is 11.8 Å². The van der Waals surface area contributed by atoms with Gasteiger partial charge in [0.25, 0.3) is 0 Å². The normalized spacial score (nSPS) is 18.1. The van der Waals surface area contributed by atoms with Gasteiger partial charge in [-0.25, -0.2) is 0 Å². The molecule has 100 valence electrons. The zero-order chi connectivity index (χ0) is 12.7. The molecule has 0 unspecified atom stereocenters. The van der Waals surface area contributed by atoms with Crippen LogP contribution < -0.4 is 10.6 Å². The minimum atomic E-state index is 0.0981. The van der Waals surface area contributed by atoms with Gasteiger partial charge in [-0.2, -0.15) is 11.8 Å². The first kappa shape index (κ1) is 14.8. The standard InChI is InChI=1S/C13H26N2OS/c1-13(2,3)15-7-4-12(16)14-10-11-5-8-17-9-6-11/h11,15H,4-10H2,1-3H3,(H,14,16). The average Bonchev–Trinajstić information content (AvgIpc) is 2.26. The number of hydrogen-bond acceptors (Lipinski definition) is 3. The van der Waals surface area contributed by atoms with E-state index in [0.29, 0.717) is 12.3 Å². The van der Waals surface area contributed by atoms with Crippen LogP contribution in [0.4, 0.5) is 0 Å². The van der Waals surface area contributed by atoms with Crippen LogP contribution in [0.3, 0.4) is 0 Å². The summed E-state index contributed by atoms with van der Waals surface area (Å²) in [6.07, 6.45) is 3.09. The molecule has 1 saturated heterocycles. The fraction of sp³-hybridized carbons (Fsp3) is 0.923. The largest absolute Gasteiger partial charge is 0.356 e. The predicted octanol–water partition coefficient (Wildman–Crippen LogP) is 2.02. The highest BCUT2D eigenvalue weighted by Gasteiger charge is 2.14. The third-order valence-electron chi connectivity index (χ3n) is 2.94. The number of carbonyl (C=O) groups is 1. The molecule has 1 rings (SSSR count). The van der Waals surface area contributed by atoms with Crippen LogP contribution in [0.2, 0.25) is 0 Å². The molecular formula is C13H26N2OS. The van der Waals surface area contributed by atoms with Crippen molar-refractivity contribution in [3.63, 3.8) is 0 Å². The summed E-state index contributed by atoms with van der Waals surface area (Å²) in [6, 6.07) is 0. The van der Waals surface area contributed by atoms with Crippen LogP contribution in [0.1, 0.15) is 40.0 Å². The summed E-state index contributed by atoms with van der Waals surface area (Å²) in [4.78, 5) is 11.6. The Balaban J connectivity index is 2.04. The van der Waals surface area contributed by atoms with Crippen molar-refractivity contribution in [2.45, 2.75) is 45.6 Å². The molecule has 2 N–H and O–H groups in total. The van der Waals surface area contributed by atoms with Gasteiger partial charge in [0.15, 0.2) is 0 Å². The molecule has 0 radical (unpaired) electrons. The fourth-order valence-electron chi connectivity index (χ4n) is 1.85. The van der Waals surface area contributed by atoms with Crippen molar-refractivity contribution < 1.29 is 4.79 Å². The van der Waals surface area contributed by atoms with E-state index in [1.165, 1.54) is 24.3 Å². The first-order chi connectivity index (χ1) is 7.97. The molecule has 3 nitrogen and oxygen atoms in total. The molecule has 0 aromatic heterocycles. The first-order valence-electron chi connectivity index (χ1n) is 6.57. The number of thioether (sulfide) groups is 1. The fourth-order valence-corrected chi connectivity index (χ4v) is 3.05. The van der Waals surface area contributed by atoms with Crippen molar-refractivity contribution in [2.75, 3.05) is 24.6 Å². The van der Waals surface area contributed by atoms with Crippen molar-refractivity contribution >= 4 is 17.7 Å². The molecule has 0 aliphatic carbocycles. The molecular weight excluding hydrogens is 232 g/mol. The van der Waals surface area contributed by atoms with Crippen molar-refractivity contribution in [2.24, 2.45) is 5.92 Å². The molecule has 1 aliphatic rings. The lowest BCUT2D eigenvalue weighted by molar-refractivity contribution is -0.121. The second-order valence-electron chi connectivity index (χ2n) is 5.79. The molecule has 0 saturated carbocycles. The molecule has 1 amide bonds. The van der Waals surface area contributed by atoms with E-state index in [1.54, 1.807) is 0 Å². The minimum Gasteiger partial charge on any atom is -0.356 e. The van der Waals surface area contributed by atoms with Gasteiger partial charge in [-0.15, -0.1) is 0 Å². The molecule has 1 heterocycles. The van der Waals surface area contributed by atoms with Crippen molar-refractivity contribution in [1.82, 2.24) is 10.6 Å². The highest BCUT2D eigenvalue weighted by molar-refractivity contribution is 7.99. The number of amides is 1. The summed E-state index contributed by atoms with van der Waals surface area (Å²) in [5.74, 6) is 3.40. The van der Waals surface area contributed by atoms with E-state index in [0.717, 1.165) is 13.1 Å². The summed E-state index contributed by atoms with van der Waals surface area (Å²) in [7, 11) is 0. The Bertz CT molecular complexity index is 232. The lowest BCUT2D eigenvalue weighted by Gasteiger charge is -2.22. The zero-order valence-corrected chi connectivity index (χ0v) is 12.2. The molecule has 0 bridgehead atoms. The van der Waals surface area contributed by atoms with Gasteiger partial charge in [-0.3, -0.25) is 4.79 Å². The van der Waals surface area contributed by atoms with Gasteiger partial charge in [0.2, 0.25) is 5.91 Å². The van der Waals surface area contributed by atoms with Crippen molar-refractivity contribution in [1.29, 1.82) is 0 Å². The van der Waals surface area contributed by atoms with Crippen LogP contribution in [0.15, 0.2) is 0 Å². The Morgan fingerprint density at radius 1 is 1.29 bits per heavy atom. The topological polar surface area (TPSA) is 41.1 Å². The van der Waals surface area contributed by atoms with Crippen LogP contribution >= 0.6 is 11.8 Å². The molecule has 1 aliphatic heterocycles.